The zero-order chi connectivity index (χ0) is 17.8. The largest absolute Gasteiger partial charge is 0.469 e. The Kier molecular flexibility index (Phi) is 4.95. The lowest BCUT2D eigenvalue weighted by Gasteiger charge is -2.50. The van der Waals surface area contributed by atoms with Gasteiger partial charge < -0.3 is 14.8 Å². The average molecular weight is 391 g/mol. The van der Waals surface area contributed by atoms with Crippen molar-refractivity contribution in [3.8, 4) is 0 Å². The third kappa shape index (κ3) is 2.87. The monoisotopic (exact) mass is 390 g/mol. The third-order valence-corrected chi connectivity index (χ3v) is 7.02. The molecule has 0 bridgehead atoms. The third-order valence-electron chi connectivity index (χ3n) is 7.02. The topological polar surface area (TPSA) is 65.6 Å². The van der Waals surface area contributed by atoms with Gasteiger partial charge in [-0.2, -0.15) is 0 Å². The van der Waals surface area contributed by atoms with Crippen LogP contribution in [0.4, 0.5) is 0 Å². The molecule has 0 radical (unpaired) electrons. The summed E-state index contributed by atoms with van der Waals surface area (Å²) in [5.41, 5.74) is 3.96. The van der Waals surface area contributed by atoms with Gasteiger partial charge in [0.2, 0.25) is 0 Å². The smallest absolute Gasteiger partial charge is 0.311 e. The van der Waals surface area contributed by atoms with Crippen LogP contribution in [0.1, 0.15) is 36.6 Å². The molecule has 5 rings (SSSR count). The number of hydrogen-bond donors (Lipinski definition) is 2. The van der Waals surface area contributed by atoms with Gasteiger partial charge in [-0.1, -0.05) is 18.2 Å². The highest BCUT2D eigenvalue weighted by atomic mass is 35.5. The van der Waals surface area contributed by atoms with Gasteiger partial charge in [0.05, 0.1) is 25.2 Å². The summed E-state index contributed by atoms with van der Waals surface area (Å²) in [6.07, 6.45) is 3.14. The minimum absolute atomic E-state index is 0. The van der Waals surface area contributed by atoms with Crippen molar-refractivity contribution in [2.75, 3.05) is 20.2 Å². The van der Waals surface area contributed by atoms with Gasteiger partial charge in [0, 0.05) is 29.7 Å². The van der Waals surface area contributed by atoms with Crippen LogP contribution in [0.5, 0.6) is 0 Å². The minimum Gasteiger partial charge on any atom is -0.469 e. The number of benzene rings is 1. The maximum atomic E-state index is 12.4. The van der Waals surface area contributed by atoms with Gasteiger partial charge in [-0.25, -0.2) is 0 Å². The van der Waals surface area contributed by atoms with Crippen molar-refractivity contribution < 1.29 is 14.6 Å². The molecule has 3 aliphatic rings. The van der Waals surface area contributed by atoms with E-state index in [9.17, 15) is 9.90 Å². The number of para-hydroxylation sites is 1. The first-order valence-electron chi connectivity index (χ1n) is 9.76. The van der Waals surface area contributed by atoms with Crippen LogP contribution in [0.2, 0.25) is 0 Å². The molecule has 5 nitrogen and oxygen atoms in total. The predicted molar refractivity (Wildman–Crippen MR) is 106 cm³/mol. The highest BCUT2D eigenvalue weighted by Gasteiger charge is 2.49. The van der Waals surface area contributed by atoms with E-state index in [-0.39, 0.29) is 30.2 Å². The molecule has 2 fully saturated rings. The van der Waals surface area contributed by atoms with Crippen LogP contribution >= 0.6 is 12.4 Å². The molecule has 0 amide bonds. The van der Waals surface area contributed by atoms with E-state index in [2.05, 4.69) is 34.1 Å². The summed E-state index contributed by atoms with van der Waals surface area (Å²) in [6.45, 7) is 2.10. The van der Waals surface area contributed by atoms with E-state index in [1.54, 1.807) is 0 Å². The van der Waals surface area contributed by atoms with E-state index in [0.717, 1.165) is 32.4 Å². The van der Waals surface area contributed by atoms with Crippen LogP contribution < -0.4 is 0 Å². The highest BCUT2D eigenvalue weighted by Crippen LogP contribution is 2.49. The molecule has 1 saturated heterocycles. The summed E-state index contributed by atoms with van der Waals surface area (Å²) >= 11 is 0. The van der Waals surface area contributed by atoms with Crippen LogP contribution in [-0.2, 0) is 16.0 Å². The van der Waals surface area contributed by atoms with Crippen LogP contribution in [0, 0.1) is 17.8 Å². The van der Waals surface area contributed by atoms with Gasteiger partial charge >= 0.3 is 5.97 Å². The summed E-state index contributed by atoms with van der Waals surface area (Å²) in [5, 5.41) is 11.8. The fraction of sp³-hybridized carbons (Fsp3) is 0.571. The number of ether oxygens (including phenoxy) is 1. The van der Waals surface area contributed by atoms with E-state index >= 15 is 0 Å². The first-order chi connectivity index (χ1) is 12.7. The lowest BCUT2D eigenvalue weighted by Crippen LogP contribution is -2.53. The number of hydrogen-bond acceptors (Lipinski definition) is 4. The van der Waals surface area contributed by atoms with Gasteiger partial charge in [0.25, 0.3) is 0 Å². The van der Waals surface area contributed by atoms with E-state index in [4.69, 9.17) is 4.74 Å². The number of halogens is 1. The number of H-pyrrole nitrogens is 1. The molecule has 1 aliphatic carbocycles. The van der Waals surface area contributed by atoms with E-state index < -0.39 is 6.10 Å². The Bertz CT molecular complexity index is 851. The van der Waals surface area contributed by atoms with Crippen molar-refractivity contribution in [3.05, 3.63) is 35.5 Å². The number of fused-ring (bicyclic) bond motifs is 6. The number of nitrogens with one attached hydrogen (secondary N) is 1. The molecular formula is C21H27ClN2O3. The molecule has 0 spiro atoms. The molecule has 1 saturated carbocycles. The maximum absolute atomic E-state index is 12.4. The summed E-state index contributed by atoms with van der Waals surface area (Å²) in [7, 11) is 1.43. The molecule has 2 aromatic rings. The van der Waals surface area contributed by atoms with Crippen LogP contribution in [0.3, 0.4) is 0 Å². The molecule has 0 unspecified atom stereocenters. The molecule has 2 aliphatic heterocycles. The standard InChI is InChI=1S/C21H26N2O3.ClH/c1-26-21(25)19-15-10-17-20-14(13-4-2-3-5-16(13)22-20)8-9-23(17)11-12(15)6-7-18(19)24;/h2-5,12,15,17-19,22,24H,6-11H2,1H3;1H/t12-,15-,17+,18-,19+;/m0./s1. The quantitative estimate of drug-likeness (QED) is 0.734. The Labute approximate surface area is 165 Å². The summed E-state index contributed by atoms with van der Waals surface area (Å²) in [6, 6.07) is 8.83. The number of methoxy groups -OCH3 is 1. The second kappa shape index (κ2) is 7.12. The lowest BCUT2D eigenvalue weighted by molar-refractivity contribution is -0.160. The number of esters is 1. The van der Waals surface area contributed by atoms with Gasteiger partial charge in [-0.05, 0) is 49.1 Å². The average Bonchev–Trinajstić information content (AvgIpc) is 3.05. The zero-order valence-electron chi connectivity index (χ0n) is 15.6. The maximum Gasteiger partial charge on any atom is 0.311 e. The Balaban J connectivity index is 0.00000180. The van der Waals surface area contributed by atoms with Gasteiger partial charge in [-0.15, -0.1) is 12.4 Å². The fourth-order valence-electron chi connectivity index (χ4n) is 5.80. The number of aromatic amines is 1. The number of aliphatic hydroxyl groups excluding tert-OH is 1. The number of aliphatic hydroxyl groups is 1. The number of aromatic nitrogens is 1. The van der Waals surface area contributed by atoms with Crippen LogP contribution in [0.15, 0.2) is 24.3 Å². The second-order valence-corrected chi connectivity index (χ2v) is 8.18. The first-order valence-corrected chi connectivity index (χ1v) is 9.76. The molecule has 2 N–H and O–H groups in total. The Morgan fingerprint density at radius 2 is 2.11 bits per heavy atom. The highest BCUT2D eigenvalue weighted by molar-refractivity contribution is 5.85. The van der Waals surface area contributed by atoms with Gasteiger partial charge in [0.15, 0.2) is 0 Å². The lowest BCUT2D eigenvalue weighted by atomic mass is 9.65. The minimum atomic E-state index is -0.568. The van der Waals surface area contributed by atoms with E-state index in [1.165, 1.54) is 29.3 Å². The Morgan fingerprint density at radius 1 is 1.30 bits per heavy atom. The van der Waals surface area contributed by atoms with E-state index in [1.807, 2.05) is 0 Å². The van der Waals surface area contributed by atoms with Crippen molar-refractivity contribution in [1.82, 2.24) is 9.88 Å². The van der Waals surface area contributed by atoms with Crippen molar-refractivity contribution in [3.63, 3.8) is 0 Å². The van der Waals surface area contributed by atoms with E-state index in [0.29, 0.717) is 18.4 Å². The van der Waals surface area contributed by atoms with Crippen LogP contribution in [0.25, 0.3) is 10.9 Å². The predicted octanol–water partition coefficient (Wildman–Crippen LogP) is 3.07. The molecule has 1 aromatic carbocycles. The number of nitrogens with zero attached hydrogens (tertiary/aromatic N) is 1. The number of rotatable bonds is 1. The summed E-state index contributed by atoms with van der Waals surface area (Å²) in [4.78, 5) is 18.6. The molecule has 1 aromatic heterocycles. The molecule has 27 heavy (non-hydrogen) atoms. The first kappa shape index (κ1) is 18.8. The number of piperidine rings is 1. The van der Waals surface area contributed by atoms with Gasteiger partial charge in [0.1, 0.15) is 0 Å². The second-order valence-electron chi connectivity index (χ2n) is 8.18. The van der Waals surface area contributed by atoms with Crippen molar-refractivity contribution in [2.24, 2.45) is 17.8 Å². The molecular weight excluding hydrogens is 364 g/mol. The summed E-state index contributed by atoms with van der Waals surface area (Å²) in [5.74, 6) is 0.0541. The Morgan fingerprint density at radius 3 is 2.93 bits per heavy atom. The van der Waals surface area contributed by atoms with Crippen molar-refractivity contribution >= 4 is 29.3 Å². The number of carbonyl (C=O) groups is 1. The van der Waals surface area contributed by atoms with Crippen molar-refractivity contribution in [1.29, 1.82) is 0 Å². The van der Waals surface area contributed by atoms with Crippen LogP contribution in [-0.4, -0.2) is 47.3 Å². The van der Waals surface area contributed by atoms with Crippen molar-refractivity contribution in [2.45, 2.75) is 37.8 Å². The number of carbonyl (C=O) groups excluding carboxylic acids is 1. The van der Waals surface area contributed by atoms with Gasteiger partial charge in [-0.3, -0.25) is 9.69 Å². The normalized spacial score (nSPS) is 32.7. The fourth-order valence-corrected chi connectivity index (χ4v) is 5.80. The zero-order valence-corrected chi connectivity index (χ0v) is 16.4. The Hall–Kier alpha value is -1.56. The molecule has 6 heteroatoms. The summed E-state index contributed by atoms with van der Waals surface area (Å²) < 4.78 is 5.04. The molecule has 146 valence electrons. The molecule has 5 atom stereocenters. The molecule has 3 heterocycles. The SMILES string of the molecule is COC(=O)[C@@H]1[C@H]2C[C@@H]3c4[nH]c5ccccc5c4CCN3C[C@@H]2CC[C@@H]1O.Cl.